The highest BCUT2D eigenvalue weighted by atomic mass is 35.5. The summed E-state index contributed by atoms with van der Waals surface area (Å²) in [6.07, 6.45) is 0.729. The van der Waals surface area contributed by atoms with Crippen molar-refractivity contribution in [1.82, 2.24) is 0 Å². The summed E-state index contributed by atoms with van der Waals surface area (Å²) in [6.45, 7) is 5.63. The van der Waals surface area contributed by atoms with Gasteiger partial charge in [-0.1, -0.05) is 35.8 Å². The van der Waals surface area contributed by atoms with E-state index in [-0.39, 0.29) is 17.9 Å². The summed E-state index contributed by atoms with van der Waals surface area (Å²) in [5.74, 6) is -1.76. The third-order valence-electron chi connectivity index (χ3n) is 3.50. The van der Waals surface area contributed by atoms with Crippen LogP contribution in [0.1, 0.15) is 18.4 Å². The zero-order chi connectivity index (χ0) is 17.9. The van der Waals surface area contributed by atoms with Crippen molar-refractivity contribution in [2.75, 3.05) is 13.7 Å². The minimum Gasteiger partial charge on any atom is -0.477 e. The predicted octanol–water partition coefficient (Wildman–Crippen LogP) is 3.65. The van der Waals surface area contributed by atoms with Crippen LogP contribution in [0.25, 0.3) is 0 Å². The molecule has 0 amide bonds. The van der Waals surface area contributed by atoms with E-state index >= 15 is 0 Å². The van der Waals surface area contributed by atoms with Gasteiger partial charge in [-0.3, -0.25) is 0 Å². The predicted molar refractivity (Wildman–Crippen MR) is 89.9 cm³/mol. The van der Waals surface area contributed by atoms with Crippen molar-refractivity contribution in [3.05, 3.63) is 57.8 Å². The first-order chi connectivity index (χ1) is 11.4. The number of carbonyl (C=O) groups excluding carboxylic acids is 2. The van der Waals surface area contributed by atoms with Crippen LogP contribution in [0.5, 0.6) is 0 Å². The molecule has 1 aliphatic heterocycles. The second kappa shape index (κ2) is 7.73. The van der Waals surface area contributed by atoms with Gasteiger partial charge in [-0.05, 0) is 30.7 Å². The maximum atomic E-state index is 12.0. The van der Waals surface area contributed by atoms with Crippen molar-refractivity contribution >= 4 is 35.1 Å². The lowest BCUT2D eigenvalue weighted by atomic mass is 9.90. The number of ether oxygens (including phenoxy) is 3. The van der Waals surface area contributed by atoms with Crippen LogP contribution in [-0.4, -0.2) is 31.8 Å². The molecule has 0 spiro atoms. The molecule has 1 heterocycles. The Morgan fingerprint density at radius 3 is 2.62 bits per heavy atom. The lowest BCUT2D eigenvalue weighted by Gasteiger charge is -2.21. The lowest BCUT2D eigenvalue weighted by molar-refractivity contribution is -0.143. The van der Waals surface area contributed by atoms with Gasteiger partial charge in [0.05, 0.1) is 19.3 Å². The zero-order valence-electron chi connectivity index (χ0n) is 13.2. The molecule has 0 saturated heterocycles. The molecule has 0 unspecified atom stereocenters. The maximum Gasteiger partial charge on any atom is 0.373 e. The summed E-state index contributed by atoms with van der Waals surface area (Å²) < 4.78 is 15.2. The number of methoxy groups -OCH3 is 1. The maximum absolute atomic E-state index is 12.0. The Balaban J connectivity index is 2.40. The second-order valence-electron chi connectivity index (χ2n) is 5.00. The van der Waals surface area contributed by atoms with E-state index in [1.165, 1.54) is 7.11 Å². The number of halogens is 2. The summed E-state index contributed by atoms with van der Waals surface area (Å²) in [4.78, 5) is 23.8. The topological polar surface area (TPSA) is 61.8 Å². The molecule has 1 aromatic rings. The van der Waals surface area contributed by atoms with Gasteiger partial charge in [0, 0.05) is 16.0 Å². The molecule has 0 aliphatic carbocycles. The van der Waals surface area contributed by atoms with E-state index in [1.54, 1.807) is 31.2 Å². The normalized spacial score (nSPS) is 19.2. The van der Waals surface area contributed by atoms with E-state index in [9.17, 15) is 9.59 Å². The van der Waals surface area contributed by atoms with Crippen molar-refractivity contribution < 1.29 is 23.8 Å². The summed E-state index contributed by atoms with van der Waals surface area (Å²) in [6, 6.07) is 4.95. The van der Waals surface area contributed by atoms with E-state index in [2.05, 4.69) is 11.3 Å². The number of hydrogen-bond donors (Lipinski definition) is 0. The van der Waals surface area contributed by atoms with E-state index in [1.807, 2.05) is 0 Å². The van der Waals surface area contributed by atoms with Gasteiger partial charge in [0.15, 0.2) is 0 Å². The molecule has 7 heteroatoms. The van der Waals surface area contributed by atoms with E-state index in [4.69, 9.17) is 32.7 Å². The Labute approximate surface area is 149 Å². The Bertz CT molecular complexity index is 711. The van der Waals surface area contributed by atoms with Crippen molar-refractivity contribution in [3.63, 3.8) is 0 Å². The first-order valence-corrected chi connectivity index (χ1v) is 7.92. The smallest absolute Gasteiger partial charge is 0.373 e. The number of carbonyl (C=O) groups is 2. The molecular formula is C17H16Cl2O5. The van der Waals surface area contributed by atoms with E-state index in [0.717, 1.165) is 0 Å². The number of esters is 2. The molecule has 5 nitrogen and oxygen atoms in total. The zero-order valence-corrected chi connectivity index (χ0v) is 14.7. The highest BCUT2D eigenvalue weighted by Crippen LogP contribution is 2.40. The summed E-state index contributed by atoms with van der Waals surface area (Å²) in [5.41, 5.74) is 0.735. The number of rotatable bonds is 5. The van der Waals surface area contributed by atoms with Gasteiger partial charge in [0.2, 0.25) is 5.76 Å². The van der Waals surface area contributed by atoms with Crippen LogP contribution in [0.2, 0.25) is 10.0 Å². The fraction of sp³-hybridized carbons (Fsp3) is 0.294. The molecule has 0 N–H and O–H groups in total. The van der Waals surface area contributed by atoms with Gasteiger partial charge < -0.3 is 14.2 Å². The van der Waals surface area contributed by atoms with Crippen molar-refractivity contribution in [2.24, 2.45) is 0 Å². The Morgan fingerprint density at radius 1 is 1.33 bits per heavy atom. The SMILES string of the molecule is C=C(C(=O)OCC)[C@H]1OC(C(=O)OC)=C[C@@H]1c1ccc(Cl)cc1Cl. The largest absolute Gasteiger partial charge is 0.477 e. The molecule has 0 radical (unpaired) electrons. The van der Waals surface area contributed by atoms with Crippen molar-refractivity contribution in [3.8, 4) is 0 Å². The quantitative estimate of drug-likeness (QED) is 0.584. The average molecular weight is 371 g/mol. The van der Waals surface area contributed by atoms with Gasteiger partial charge in [-0.15, -0.1) is 0 Å². The molecule has 1 aromatic carbocycles. The van der Waals surface area contributed by atoms with Gasteiger partial charge in [0.25, 0.3) is 0 Å². The minimum atomic E-state index is -0.822. The van der Waals surface area contributed by atoms with Crippen LogP contribution in [0.15, 0.2) is 42.2 Å². The fourth-order valence-corrected chi connectivity index (χ4v) is 2.90. The molecule has 24 heavy (non-hydrogen) atoms. The van der Waals surface area contributed by atoms with Crippen LogP contribution in [0.4, 0.5) is 0 Å². The third-order valence-corrected chi connectivity index (χ3v) is 4.06. The molecular weight excluding hydrogens is 355 g/mol. The molecule has 128 valence electrons. The summed E-state index contributed by atoms with van der Waals surface area (Å²) in [7, 11) is 1.24. The van der Waals surface area contributed by atoms with Crippen LogP contribution in [0, 0.1) is 0 Å². The standard InChI is InChI=1S/C17H16Cl2O5/c1-4-23-16(20)9(2)15-12(8-14(24-15)17(21)22-3)11-6-5-10(18)7-13(11)19/h5-8,12,15H,2,4H2,1,3H3/t12-,15-/m1/s1. The molecule has 0 aromatic heterocycles. The first-order valence-electron chi connectivity index (χ1n) is 7.16. The average Bonchev–Trinajstić information content (AvgIpc) is 2.98. The van der Waals surface area contributed by atoms with Gasteiger partial charge in [0.1, 0.15) is 6.10 Å². The van der Waals surface area contributed by atoms with Gasteiger partial charge in [-0.2, -0.15) is 0 Å². The van der Waals surface area contributed by atoms with Crippen LogP contribution in [-0.2, 0) is 23.8 Å². The second-order valence-corrected chi connectivity index (χ2v) is 5.84. The Kier molecular flexibility index (Phi) is 5.91. The first kappa shape index (κ1) is 18.4. The van der Waals surface area contributed by atoms with Crippen LogP contribution >= 0.6 is 23.2 Å². The number of hydrogen-bond acceptors (Lipinski definition) is 5. The van der Waals surface area contributed by atoms with Gasteiger partial charge in [-0.25, -0.2) is 9.59 Å². The highest BCUT2D eigenvalue weighted by molar-refractivity contribution is 6.35. The summed E-state index contributed by atoms with van der Waals surface area (Å²) >= 11 is 12.2. The minimum absolute atomic E-state index is 0.0102. The molecule has 0 bridgehead atoms. The third kappa shape index (κ3) is 3.74. The monoisotopic (exact) mass is 370 g/mol. The van der Waals surface area contributed by atoms with Crippen LogP contribution < -0.4 is 0 Å². The van der Waals surface area contributed by atoms with Crippen molar-refractivity contribution in [1.29, 1.82) is 0 Å². The lowest BCUT2D eigenvalue weighted by Crippen LogP contribution is -2.25. The molecule has 2 atom stereocenters. The highest BCUT2D eigenvalue weighted by Gasteiger charge is 2.39. The molecule has 1 aliphatic rings. The Hall–Kier alpha value is -1.98. The Morgan fingerprint density at radius 2 is 2.04 bits per heavy atom. The van der Waals surface area contributed by atoms with E-state index in [0.29, 0.717) is 15.6 Å². The van der Waals surface area contributed by atoms with E-state index < -0.39 is 24.0 Å². The van der Waals surface area contributed by atoms with Gasteiger partial charge >= 0.3 is 11.9 Å². The van der Waals surface area contributed by atoms with Crippen molar-refractivity contribution in [2.45, 2.75) is 18.9 Å². The van der Waals surface area contributed by atoms with Crippen LogP contribution in [0.3, 0.4) is 0 Å². The molecule has 0 fully saturated rings. The molecule has 0 saturated carbocycles. The number of benzene rings is 1. The summed E-state index contributed by atoms with van der Waals surface area (Å²) in [5, 5.41) is 0.862. The molecule has 2 rings (SSSR count). The fourth-order valence-electron chi connectivity index (χ4n) is 2.37.